The number of rotatable bonds is 5. The molecule has 1 aromatic rings. The van der Waals surface area contributed by atoms with Crippen LogP contribution in [0.4, 0.5) is 0 Å². The van der Waals surface area contributed by atoms with Crippen molar-refractivity contribution in [2.45, 2.75) is 13.5 Å². The maximum atomic E-state index is 11.1. The van der Waals surface area contributed by atoms with Crippen LogP contribution < -0.4 is 5.32 Å². The predicted octanol–water partition coefficient (Wildman–Crippen LogP) is -0.0515. The summed E-state index contributed by atoms with van der Waals surface area (Å²) in [5, 5.41) is 14.9. The normalized spacial score (nSPS) is 10.6. The molecule has 1 aromatic heterocycles. The Kier molecular flexibility index (Phi) is 4.26. The fourth-order valence-corrected chi connectivity index (χ4v) is 1.09. The topological polar surface area (TPSA) is 84.2 Å². The number of carbonyl (C=O) groups is 2. The van der Waals surface area contributed by atoms with Gasteiger partial charge in [0.05, 0.1) is 12.7 Å². The van der Waals surface area contributed by atoms with Crippen molar-refractivity contribution in [1.29, 1.82) is 0 Å². The highest BCUT2D eigenvalue weighted by Gasteiger charge is 1.97. The molecule has 0 radical (unpaired) electrons. The number of aromatic nitrogens is 2. The Hall–Kier alpha value is -2.11. The van der Waals surface area contributed by atoms with Crippen molar-refractivity contribution in [3.8, 4) is 0 Å². The number of carboxylic acid groups (broad SMARTS) is 1. The lowest BCUT2D eigenvalue weighted by Gasteiger charge is -2.01. The molecule has 0 saturated carbocycles. The van der Waals surface area contributed by atoms with Crippen LogP contribution in [0.5, 0.6) is 0 Å². The fourth-order valence-electron chi connectivity index (χ4n) is 1.09. The molecule has 0 unspecified atom stereocenters. The van der Waals surface area contributed by atoms with Gasteiger partial charge in [0.1, 0.15) is 0 Å². The number of aliphatic carboxylic acids is 1. The molecular formula is C10H13N3O3. The molecule has 0 bridgehead atoms. The second-order valence-corrected chi connectivity index (χ2v) is 3.24. The number of nitrogens with one attached hydrogen (secondary N) is 1. The number of amides is 1. The predicted molar refractivity (Wildman–Crippen MR) is 56.7 cm³/mol. The van der Waals surface area contributed by atoms with Gasteiger partial charge >= 0.3 is 5.97 Å². The quantitative estimate of drug-likeness (QED) is 0.685. The van der Waals surface area contributed by atoms with Crippen molar-refractivity contribution in [2.75, 3.05) is 6.54 Å². The third-order valence-electron chi connectivity index (χ3n) is 1.78. The molecule has 1 rings (SSSR count). The molecule has 0 aliphatic rings. The van der Waals surface area contributed by atoms with E-state index in [0.717, 1.165) is 17.7 Å². The van der Waals surface area contributed by atoms with Gasteiger partial charge in [0.25, 0.3) is 0 Å². The summed E-state index contributed by atoms with van der Waals surface area (Å²) >= 11 is 0. The number of carbonyl (C=O) groups excluding carboxylic acids is 1. The second-order valence-electron chi connectivity index (χ2n) is 3.24. The van der Waals surface area contributed by atoms with Crippen molar-refractivity contribution in [1.82, 2.24) is 15.1 Å². The van der Waals surface area contributed by atoms with E-state index in [1.54, 1.807) is 10.9 Å². The molecule has 16 heavy (non-hydrogen) atoms. The average molecular weight is 223 g/mol. The standard InChI is InChI=1S/C10H13N3O3/c1-8-6-12-13(7-8)5-4-11-9(14)2-3-10(15)16/h2-3,6-7H,4-5H2,1H3,(H,11,14)(H,15,16)/b3-2+. The van der Waals surface area contributed by atoms with Gasteiger partial charge in [0.15, 0.2) is 0 Å². The van der Waals surface area contributed by atoms with Gasteiger partial charge in [0.2, 0.25) is 5.91 Å². The molecule has 0 saturated heterocycles. The first-order chi connectivity index (χ1) is 7.58. The van der Waals surface area contributed by atoms with Gasteiger partial charge in [0, 0.05) is 24.9 Å². The van der Waals surface area contributed by atoms with Crippen LogP contribution in [0.2, 0.25) is 0 Å². The van der Waals surface area contributed by atoms with Gasteiger partial charge in [-0.2, -0.15) is 5.10 Å². The molecule has 0 fully saturated rings. The van der Waals surface area contributed by atoms with E-state index in [2.05, 4.69) is 10.4 Å². The van der Waals surface area contributed by atoms with Crippen molar-refractivity contribution in [3.63, 3.8) is 0 Å². The molecule has 0 spiro atoms. The number of carboxylic acids is 1. The van der Waals surface area contributed by atoms with Crippen LogP contribution in [-0.2, 0) is 16.1 Å². The maximum absolute atomic E-state index is 11.1. The number of aryl methyl sites for hydroxylation is 1. The van der Waals surface area contributed by atoms with Crippen molar-refractivity contribution >= 4 is 11.9 Å². The smallest absolute Gasteiger partial charge is 0.328 e. The third-order valence-corrected chi connectivity index (χ3v) is 1.78. The first-order valence-electron chi connectivity index (χ1n) is 4.76. The number of hydrogen-bond acceptors (Lipinski definition) is 3. The van der Waals surface area contributed by atoms with Gasteiger partial charge in [-0.15, -0.1) is 0 Å². The van der Waals surface area contributed by atoms with Gasteiger partial charge in [-0.05, 0) is 12.5 Å². The van der Waals surface area contributed by atoms with Crippen molar-refractivity contribution in [3.05, 3.63) is 30.1 Å². The lowest BCUT2D eigenvalue weighted by atomic mass is 10.4. The van der Waals surface area contributed by atoms with Gasteiger partial charge in [-0.3, -0.25) is 9.48 Å². The number of hydrogen-bond donors (Lipinski definition) is 2. The van der Waals surface area contributed by atoms with Gasteiger partial charge < -0.3 is 10.4 Å². The first kappa shape index (κ1) is 12.0. The van der Waals surface area contributed by atoms with E-state index in [4.69, 9.17) is 5.11 Å². The first-order valence-corrected chi connectivity index (χ1v) is 4.76. The minimum Gasteiger partial charge on any atom is -0.478 e. The third kappa shape index (κ3) is 4.41. The Morgan fingerprint density at radius 2 is 2.31 bits per heavy atom. The lowest BCUT2D eigenvalue weighted by molar-refractivity contribution is -0.131. The molecule has 0 aliphatic heterocycles. The summed E-state index contributed by atoms with van der Waals surface area (Å²) in [6.45, 7) is 2.89. The summed E-state index contributed by atoms with van der Waals surface area (Å²) in [6, 6.07) is 0. The highest BCUT2D eigenvalue weighted by Crippen LogP contribution is 1.92. The Bertz CT molecular complexity index is 409. The minimum absolute atomic E-state index is 0.407. The van der Waals surface area contributed by atoms with Crippen LogP contribution in [0, 0.1) is 6.92 Å². The van der Waals surface area contributed by atoms with E-state index in [9.17, 15) is 9.59 Å². The highest BCUT2D eigenvalue weighted by atomic mass is 16.4. The Morgan fingerprint density at radius 1 is 1.56 bits per heavy atom. The van der Waals surface area contributed by atoms with Crippen LogP contribution in [0.25, 0.3) is 0 Å². The molecule has 1 heterocycles. The minimum atomic E-state index is -1.14. The molecule has 0 aromatic carbocycles. The van der Waals surface area contributed by atoms with Crippen molar-refractivity contribution < 1.29 is 14.7 Å². The largest absolute Gasteiger partial charge is 0.478 e. The summed E-state index contributed by atoms with van der Waals surface area (Å²) in [5.74, 6) is -1.57. The van der Waals surface area contributed by atoms with E-state index < -0.39 is 11.9 Å². The molecule has 0 atom stereocenters. The average Bonchev–Trinajstić information content (AvgIpc) is 2.61. The van der Waals surface area contributed by atoms with E-state index >= 15 is 0 Å². The number of nitrogens with zero attached hydrogens (tertiary/aromatic N) is 2. The van der Waals surface area contributed by atoms with E-state index in [-0.39, 0.29) is 0 Å². The Balaban J connectivity index is 2.25. The molecule has 0 aliphatic carbocycles. The summed E-state index contributed by atoms with van der Waals surface area (Å²) in [6.07, 6.45) is 5.37. The van der Waals surface area contributed by atoms with Gasteiger partial charge in [-0.25, -0.2) is 4.79 Å². The molecule has 6 heteroatoms. The Morgan fingerprint density at radius 3 is 2.88 bits per heavy atom. The summed E-state index contributed by atoms with van der Waals surface area (Å²) < 4.78 is 1.70. The second kappa shape index (κ2) is 5.69. The zero-order chi connectivity index (χ0) is 12.0. The van der Waals surface area contributed by atoms with Crippen LogP contribution in [0.15, 0.2) is 24.5 Å². The SMILES string of the molecule is Cc1cnn(CCNC(=O)/C=C/C(=O)O)c1. The summed E-state index contributed by atoms with van der Waals surface area (Å²) in [5.41, 5.74) is 1.05. The molecule has 86 valence electrons. The van der Waals surface area contributed by atoms with Crippen LogP contribution in [0.1, 0.15) is 5.56 Å². The molecule has 2 N–H and O–H groups in total. The maximum Gasteiger partial charge on any atom is 0.328 e. The zero-order valence-electron chi connectivity index (χ0n) is 8.88. The van der Waals surface area contributed by atoms with Crippen molar-refractivity contribution in [2.24, 2.45) is 0 Å². The molecule has 1 amide bonds. The van der Waals surface area contributed by atoms with E-state index in [1.165, 1.54) is 0 Å². The van der Waals surface area contributed by atoms with Crippen LogP contribution >= 0.6 is 0 Å². The molecular weight excluding hydrogens is 210 g/mol. The van der Waals surface area contributed by atoms with Gasteiger partial charge in [-0.1, -0.05) is 0 Å². The molecule has 6 nitrogen and oxygen atoms in total. The summed E-state index contributed by atoms with van der Waals surface area (Å²) in [4.78, 5) is 21.2. The van der Waals surface area contributed by atoms with Crippen LogP contribution in [-0.4, -0.2) is 33.3 Å². The Labute approximate surface area is 92.6 Å². The zero-order valence-corrected chi connectivity index (χ0v) is 8.88. The summed E-state index contributed by atoms with van der Waals surface area (Å²) in [7, 11) is 0. The fraction of sp³-hybridized carbons (Fsp3) is 0.300. The highest BCUT2D eigenvalue weighted by molar-refractivity contribution is 5.93. The van der Waals surface area contributed by atoms with E-state index in [1.807, 2.05) is 13.1 Å². The lowest BCUT2D eigenvalue weighted by Crippen LogP contribution is -2.25. The van der Waals surface area contributed by atoms with Crippen LogP contribution in [0.3, 0.4) is 0 Å². The monoisotopic (exact) mass is 223 g/mol. The van der Waals surface area contributed by atoms with E-state index in [0.29, 0.717) is 13.1 Å².